The van der Waals surface area contributed by atoms with Crippen LogP contribution in [0.4, 0.5) is 5.69 Å². The van der Waals surface area contributed by atoms with Crippen LogP contribution in [-0.4, -0.2) is 20.8 Å². The molecule has 1 atom stereocenters. The van der Waals surface area contributed by atoms with E-state index < -0.39 is 0 Å². The maximum absolute atomic E-state index is 5.34. The number of rotatable bonds is 5. The Bertz CT molecular complexity index is 3700. The molecule has 1 aliphatic heterocycles. The Morgan fingerprint density at radius 1 is 0.500 bits per heavy atom. The Hall–Kier alpha value is -7.40. The topological polar surface area (TPSA) is 20.3 Å². The minimum Gasteiger partial charge on any atom is -0.332 e. The molecule has 280 valence electrons. The van der Waals surface area contributed by atoms with Crippen LogP contribution >= 0.6 is 11.3 Å². The summed E-state index contributed by atoms with van der Waals surface area (Å²) in [5, 5.41) is 12.8. The Balaban J connectivity index is 0.983. The molecule has 0 saturated carbocycles. The predicted octanol–water partition coefficient (Wildman–Crippen LogP) is 12.9. The highest BCUT2D eigenvalue weighted by molar-refractivity contribution is 7.17. The molecule has 9 aromatic carbocycles. The van der Waals surface area contributed by atoms with Gasteiger partial charge in [-0.1, -0.05) is 163 Å². The molecule has 0 spiro atoms. The van der Waals surface area contributed by atoms with Gasteiger partial charge in [-0.15, -0.1) is 11.3 Å². The third kappa shape index (κ3) is 5.01. The van der Waals surface area contributed by atoms with Crippen molar-refractivity contribution in [3.05, 3.63) is 209 Å². The fourth-order valence-electron chi connectivity index (χ4n) is 9.88. The number of benzene rings is 9. The zero-order chi connectivity index (χ0) is 39.3. The van der Waals surface area contributed by atoms with Crippen molar-refractivity contribution < 1.29 is 4.58 Å². The summed E-state index contributed by atoms with van der Waals surface area (Å²) in [6, 6.07) is 68.7. The maximum atomic E-state index is 5.34. The van der Waals surface area contributed by atoms with Crippen molar-refractivity contribution in [2.45, 2.75) is 12.5 Å². The highest BCUT2D eigenvalue weighted by atomic mass is 32.1. The molecule has 4 heteroatoms. The molecule has 0 bridgehead atoms. The predicted molar refractivity (Wildman–Crippen MR) is 255 cm³/mol. The number of hydrogen-bond donors (Lipinski definition) is 0. The number of hydrogen-bond acceptors (Lipinski definition) is 2. The number of aromatic nitrogens is 1. The number of nitrogens with zero attached hydrogens (tertiary/aromatic N) is 3. The monoisotopic (exact) mass is 782 g/mol. The highest BCUT2D eigenvalue weighted by Gasteiger charge is 2.35. The molecule has 2 aliphatic rings. The molecule has 60 heavy (non-hydrogen) atoms. The minimum absolute atomic E-state index is 0.152. The van der Waals surface area contributed by atoms with Crippen molar-refractivity contribution in [3.63, 3.8) is 0 Å². The largest absolute Gasteiger partial charge is 0.332 e. The first-order valence-electron chi connectivity index (χ1n) is 20.7. The molecular formula is C56H36N3S+. The van der Waals surface area contributed by atoms with Crippen LogP contribution in [0.15, 0.2) is 193 Å². The van der Waals surface area contributed by atoms with E-state index in [0.717, 1.165) is 34.9 Å². The molecular weight excluding hydrogens is 747 g/mol. The SMILES string of the molecule is C1=c2sc3c(C4=NC(c5ccccc5)=[N+]4c4ccc5ccc(-c6ccccc6)cc5c4)cccc3c2=CCC1n1c2c3ccccc3ccc2c2ccc3ccccc3c21. The van der Waals surface area contributed by atoms with Crippen molar-refractivity contribution in [1.82, 2.24) is 4.57 Å². The molecule has 11 aromatic rings. The Labute approximate surface area is 350 Å². The van der Waals surface area contributed by atoms with E-state index >= 15 is 0 Å². The fourth-order valence-corrected chi connectivity index (χ4v) is 11.2. The quantitative estimate of drug-likeness (QED) is 0.155. The highest BCUT2D eigenvalue weighted by Crippen LogP contribution is 2.41. The van der Waals surface area contributed by atoms with Gasteiger partial charge in [-0.25, -0.2) is 0 Å². The fraction of sp³-hybridized carbons (Fsp3) is 0.0357. The van der Waals surface area contributed by atoms with Gasteiger partial charge < -0.3 is 4.57 Å². The second kappa shape index (κ2) is 13.1. The van der Waals surface area contributed by atoms with Gasteiger partial charge in [-0.05, 0) is 86.8 Å². The van der Waals surface area contributed by atoms with E-state index in [0.29, 0.717) is 0 Å². The molecule has 3 nitrogen and oxygen atoms in total. The van der Waals surface area contributed by atoms with Gasteiger partial charge >= 0.3 is 0 Å². The van der Waals surface area contributed by atoms with Crippen LogP contribution in [0.25, 0.3) is 87.5 Å². The first kappa shape index (κ1) is 33.6. The third-order valence-electron chi connectivity index (χ3n) is 12.7. The first-order chi connectivity index (χ1) is 29.7. The van der Waals surface area contributed by atoms with E-state index in [-0.39, 0.29) is 6.04 Å². The van der Waals surface area contributed by atoms with E-state index in [1.807, 2.05) is 11.3 Å². The second-order valence-corrected chi connectivity index (χ2v) is 17.1. The van der Waals surface area contributed by atoms with Gasteiger partial charge in [0.2, 0.25) is 0 Å². The Morgan fingerprint density at radius 2 is 1.13 bits per heavy atom. The summed E-state index contributed by atoms with van der Waals surface area (Å²) in [7, 11) is 0. The van der Waals surface area contributed by atoms with Crippen molar-refractivity contribution in [2.24, 2.45) is 4.99 Å². The Morgan fingerprint density at radius 3 is 1.87 bits per heavy atom. The summed E-state index contributed by atoms with van der Waals surface area (Å²) in [4.78, 5) is 5.34. The average molecular weight is 783 g/mol. The molecule has 2 aromatic heterocycles. The third-order valence-corrected chi connectivity index (χ3v) is 13.9. The zero-order valence-corrected chi connectivity index (χ0v) is 33.4. The van der Waals surface area contributed by atoms with Crippen molar-refractivity contribution >= 4 is 105 Å². The van der Waals surface area contributed by atoms with Gasteiger partial charge in [0.1, 0.15) is 5.69 Å². The summed E-state index contributed by atoms with van der Waals surface area (Å²) in [5.41, 5.74) is 8.44. The second-order valence-electron chi connectivity index (χ2n) is 16.0. The van der Waals surface area contributed by atoms with E-state index in [1.165, 1.54) is 85.1 Å². The van der Waals surface area contributed by atoms with E-state index in [9.17, 15) is 0 Å². The van der Waals surface area contributed by atoms with Crippen molar-refractivity contribution in [2.75, 3.05) is 0 Å². The van der Waals surface area contributed by atoms with Crippen LogP contribution in [0.1, 0.15) is 23.6 Å². The summed E-state index contributed by atoms with van der Waals surface area (Å²) in [6.45, 7) is 0. The summed E-state index contributed by atoms with van der Waals surface area (Å²) in [6.07, 6.45) is 5.95. The van der Waals surface area contributed by atoms with Crippen molar-refractivity contribution in [1.29, 1.82) is 0 Å². The summed E-state index contributed by atoms with van der Waals surface area (Å²) < 4.78 is 7.61. The number of aliphatic imine (C=N–C) groups is 1. The van der Waals surface area contributed by atoms with Crippen LogP contribution in [0.3, 0.4) is 0 Å². The Kier molecular flexibility index (Phi) is 7.30. The number of amidine groups is 2. The molecule has 0 fully saturated rings. The van der Waals surface area contributed by atoms with Gasteiger partial charge in [0.05, 0.1) is 28.2 Å². The molecule has 0 N–H and O–H groups in total. The van der Waals surface area contributed by atoms with Crippen LogP contribution < -0.4 is 9.75 Å². The van der Waals surface area contributed by atoms with Gasteiger partial charge in [0, 0.05) is 36.2 Å². The minimum atomic E-state index is 0.152. The lowest BCUT2D eigenvalue weighted by atomic mass is 10.00. The molecule has 3 heterocycles. The van der Waals surface area contributed by atoms with Crippen LogP contribution in [0, 0.1) is 0 Å². The van der Waals surface area contributed by atoms with Crippen LogP contribution in [0.5, 0.6) is 0 Å². The normalized spacial score (nSPS) is 15.1. The van der Waals surface area contributed by atoms with Crippen LogP contribution in [-0.2, 0) is 0 Å². The molecule has 0 saturated heterocycles. The number of thiophene rings is 1. The van der Waals surface area contributed by atoms with Crippen molar-refractivity contribution in [3.8, 4) is 11.1 Å². The summed E-state index contributed by atoms with van der Waals surface area (Å²) in [5.74, 6) is 1.94. The zero-order valence-electron chi connectivity index (χ0n) is 32.6. The van der Waals surface area contributed by atoms with Crippen LogP contribution in [0.2, 0.25) is 0 Å². The van der Waals surface area contributed by atoms with E-state index in [4.69, 9.17) is 4.99 Å². The van der Waals surface area contributed by atoms with E-state index in [2.05, 4.69) is 209 Å². The molecule has 0 amide bonds. The lowest BCUT2D eigenvalue weighted by molar-refractivity contribution is -0.319. The van der Waals surface area contributed by atoms with Gasteiger partial charge in [-0.3, -0.25) is 0 Å². The smallest absolute Gasteiger partial charge is 0.280 e. The average Bonchev–Trinajstić information content (AvgIpc) is 3.86. The maximum Gasteiger partial charge on any atom is 0.280 e. The molecule has 0 radical (unpaired) electrons. The lowest BCUT2D eigenvalue weighted by Gasteiger charge is -2.20. The summed E-state index contributed by atoms with van der Waals surface area (Å²) >= 11 is 1.90. The van der Waals surface area contributed by atoms with Gasteiger partial charge in [-0.2, -0.15) is 4.58 Å². The van der Waals surface area contributed by atoms with Gasteiger partial charge in [0.25, 0.3) is 11.7 Å². The molecule has 1 unspecified atom stereocenters. The van der Waals surface area contributed by atoms with E-state index in [1.54, 1.807) is 0 Å². The lowest BCUT2D eigenvalue weighted by Crippen LogP contribution is -2.34. The standard InChI is InChI=1S/C56H36N3S/c1-3-12-35(13-4-1)40-23-22-36-24-27-42(33-41(36)32-40)59-55(39-16-5-2-6-17-39)57-56(59)50-21-11-20-49-46-31-28-43(34-51(46)60-54(49)50)58-52-44-18-9-7-14-37(44)25-29-47(52)48-30-26-38-15-8-10-19-45(38)53(48)58/h1-27,29-34,43H,28H2/q+1. The van der Waals surface area contributed by atoms with Gasteiger partial charge in [0.15, 0.2) is 0 Å². The molecule has 13 rings (SSSR count). The first-order valence-corrected chi connectivity index (χ1v) is 21.5. The number of fused-ring (bicyclic) bond motifs is 11. The molecule has 1 aliphatic carbocycles.